The molecule has 3 aromatic rings. The Balaban J connectivity index is 2.21. The first-order valence-corrected chi connectivity index (χ1v) is 5.69. The average Bonchev–Trinajstić information content (AvgIpc) is 2.40. The van der Waals surface area contributed by atoms with Crippen molar-refractivity contribution in [1.82, 2.24) is 9.97 Å². The molecule has 0 aliphatic carbocycles. The van der Waals surface area contributed by atoms with E-state index in [-0.39, 0.29) is 0 Å². The van der Waals surface area contributed by atoms with Gasteiger partial charge in [-0.25, -0.2) is 9.97 Å². The van der Waals surface area contributed by atoms with Crippen LogP contribution in [0.3, 0.4) is 0 Å². The minimum Gasteiger partial charge on any atom is -0.237 e. The summed E-state index contributed by atoms with van der Waals surface area (Å²) in [6.45, 7) is 0. The van der Waals surface area contributed by atoms with Gasteiger partial charge in [-0.3, -0.25) is 0 Å². The number of hydrogen-bond acceptors (Lipinski definition) is 2. The van der Waals surface area contributed by atoms with Crippen LogP contribution in [0.1, 0.15) is 0 Å². The van der Waals surface area contributed by atoms with Gasteiger partial charge in [-0.1, -0.05) is 41.9 Å². The Kier molecular flexibility index (Phi) is 2.50. The molecule has 0 bridgehead atoms. The first kappa shape index (κ1) is 10.2. The highest BCUT2D eigenvalue weighted by Crippen LogP contribution is 2.23. The summed E-state index contributed by atoms with van der Waals surface area (Å²) < 4.78 is 0. The largest absolute Gasteiger partial charge is 0.237 e. The standard InChI is InChI=1S/C14H9ClN2/c15-12-8-9-16-14-11(12)6-7-13(17-14)10-4-2-1-3-5-10/h1-9H. The van der Waals surface area contributed by atoms with Gasteiger partial charge in [0.25, 0.3) is 0 Å². The zero-order chi connectivity index (χ0) is 11.7. The third-order valence-corrected chi connectivity index (χ3v) is 2.95. The molecule has 3 rings (SSSR count). The van der Waals surface area contributed by atoms with E-state index in [4.69, 9.17) is 11.6 Å². The first-order chi connectivity index (χ1) is 8.34. The smallest absolute Gasteiger partial charge is 0.161 e. The van der Waals surface area contributed by atoms with E-state index in [9.17, 15) is 0 Å². The normalized spacial score (nSPS) is 10.6. The molecule has 0 unspecified atom stereocenters. The van der Waals surface area contributed by atoms with Crippen molar-refractivity contribution in [3.05, 3.63) is 59.8 Å². The Morgan fingerprint density at radius 1 is 0.882 bits per heavy atom. The monoisotopic (exact) mass is 240 g/mol. The molecule has 0 amide bonds. The molecule has 17 heavy (non-hydrogen) atoms. The zero-order valence-corrected chi connectivity index (χ0v) is 9.72. The second-order valence-corrected chi connectivity index (χ2v) is 4.13. The number of hydrogen-bond donors (Lipinski definition) is 0. The summed E-state index contributed by atoms with van der Waals surface area (Å²) in [7, 11) is 0. The maximum atomic E-state index is 6.08. The maximum absolute atomic E-state index is 6.08. The van der Waals surface area contributed by atoms with Gasteiger partial charge in [-0.15, -0.1) is 0 Å². The second-order valence-electron chi connectivity index (χ2n) is 3.73. The molecule has 0 fully saturated rings. The lowest BCUT2D eigenvalue weighted by molar-refractivity contribution is 1.29. The summed E-state index contributed by atoms with van der Waals surface area (Å²) in [4.78, 5) is 8.74. The summed E-state index contributed by atoms with van der Waals surface area (Å²) in [6, 6.07) is 15.7. The fourth-order valence-electron chi connectivity index (χ4n) is 1.77. The Hall–Kier alpha value is -1.93. The number of halogens is 1. The van der Waals surface area contributed by atoms with E-state index >= 15 is 0 Å². The number of fused-ring (bicyclic) bond motifs is 1. The zero-order valence-electron chi connectivity index (χ0n) is 8.97. The molecule has 2 heterocycles. The predicted molar refractivity (Wildman–Crippen MR) is 70.0 cm³/mol. The fourth-order valence-corrected chi connectivity index (χ4v) is 1.97. The van der Waals surface area contributed by atoms with Crippen LogP contribution in [0.5, 0.6) is 0 Å². The van der Waals surface area contributed by atoms with Gasteiger partial charge in [0, 0.05) is 17.1 Å². The summed E-state index contributed by atoms with van der Waals surface area (Å²) in [5.41, 5.74) is 2.67. The summed E-state index contributed by atoms with van der Waals surface area (Å²) in [5, 5.41) is 1.57. The van der Waals surface area contributed by atoms with Crippen LogP contribution >= 0.6 is 11.6 Å². The Morgan fingerprint density at radius 3 is 2.53 bits per heavy atom. The van der Waals surface area contributed by atoms with E-state index in [0.717, 1.165) is 16.6 Å². The highest BCUT2D eigenvalue weighted by molar-refractivity contribution is 6.35. The lowest BCUT2D eigenvalue weighted by Gasteiger charge is -2.03. The lowest BCUT2D eigenvalue weighted by Crippen LogP contribution is -1.87. The van der Waals surface area contributed by atoms with Gasteiger partial charge < -0.3 is 0 Å². The van der Waals surface area contributed by atoms with Crippen molar-refractivity contribution < 1.29 is 0 Å². The van der Waals surface area contributed by atoms with Gasteiger partial charge in [0.2, 0.25) is 0 Å². The van der Waals surface area contributed by atoms with E-state index < -0.39 is 0 Å². The molecule has 0 N–H and O–H groups in total. The molecule has 0 saturated heterocycles. The van der Waals surface area contributed by atoms with Gasteiger partial charge in [-0.05, 0) is 18.2 Å². The Labute approximate surface area is 104 Å². The first-order valence-electron chi connectivity index (χ1n) is 5.31. The topological polar surface area (TPSA) is 25.8 Å². The third kappa shape index (κ3) is 1.87. The molecule has 0 aliphatic rings. The van der Waals surface area contributed by atoms with E-state index in [1.54, 1.807) is 12.3 Å². The summed E-state index contributed by atoms with van der Waals surface area (Å²) >= 11 is 6.08. The Morgan fingerprint density at radius 2 is 1.71 bits per heavy atom. The summed E-state index contributed by atoms with van der Waals surface area (Å²) in [6.07, 6.45) is 1.67. The van der Waals surface area contributed by atoms with Crippen LogP contribution in [0.15, 0.2) is 54.7 Å². The van der Waals surface area contributed by atoms with Gasteiger partial charge >= 0.3 is 0 Å². The quantitative estimate of drug-likeness (QED) is 0.644. The summed E-state index contributed by atoms with van der Waals surface area (Å²) in [5.74, 6) is 0. The van der Waals surface area contributed by atoms with Gasteiger partial charge in [0.05, 0.1) is 10.7 Å². The molecule has 3 heteroatoms. The minimum absolute atomic E-state index is 0.679. The maximum Gasteiger partial charge on any atom is 0.161 e. The van der Waals surface area contributed by atoms with Gasteiger partial charge in [0.1, 0.15) is 0 Å². The molecule has 2 aromatic heterocycles. The molecule has 0 aliphatic heterocycles. The van der Waals surface area contributed by atoms with E-state index in [1.165, 1.54) is 0 Å². The van der Waals surface area contributed by atoms with Crippen molar-refractivity contribution in [2.45, 2.75) is 0 Å². The van der Waals surface area contributed by atoms with Crippen molar-refractivity contribution in [2.24, 2.45) is 0 Å². The van der Waals surface area contributed by atoms with E-state index in [0.29, 0.717) is 10.7 Å². The molecular weight excluding hydrogens is 232 g/mol. The van der Waals surface area contributed by atoms with Crippen LogP contribution < -0.4 is 0 Å². The highest BCUT2D eigenvalue weighted by Gasteiger charge is 2.03. The SMILES string of the molecule is Clc1ccnc2nc(-c3ccccc3)ccc12. The number of pyridine rings is 2. The fraction of sp³-hybridized carbons (Fsp3) is 0. The molecule has 0 saturated carbocycles. The predicted octanol–water partition coefficient (Wildman–Crippen LogP) is 3.95. The van der Waals surface area contributed by atoms with Crippen molar-refractivity contribution in [1.29, 1.82) is 0 Å². The molecule has 0 spiro atoms. The third-order valence-electron chi connectivity index (χ3n) is 2.62. The molecule has 0 atom stereocenters. The lowest BCUT2D eigenvalue weighted by atomic mass is 10.1. The van der Waals surface area contributed by atoms with E-state index in [2.05, 4.69) is 9.97 Å². The van der Waals surface area contributed by atoms with Crippen molar-refractivity contribution in [3.8, 4) is 11.3 Å². The van der Waals surface area contributed by atoms with Crippen LogP contribution in [-0.2, 0) is 0 Å². The van der Waals surface area contributed by atoms with Crippen molar-refractivity contribution in [2.75, 3.05) is 0 Å². The molecule has 2 nitrogen and oxygen atoms in total. The number of benzene rings is 1. The average molecular weight is 241 g/mol. The molecule has 1 aromatic carbocycles. The number of nitrogens with zero attached hydrogens (tertiary/aromatic N) is 2. The van der Waals surface area contributed by atoms with Crippen LogP contribution in [0.25, 0.3) is 22.3 Å². The number of rotatable bonds is 1. The van der Waals surface area contributed by atoms with E-state index in [1.807, 2.05) is 42.5 Å². The highest BCUT2D eigenvalue weighted by atomic mass is 35.5. The molecule has 0 radical (unpaired) electrons. The van der Waals surface area contributed by atoms with Crippen LogP contribution in [0.2, 0.25) is 5.02 Å². The molecule has 82 valence electrons. The van der Waals surface area contributed by atoms with Crippen molar-refractivity contribution >= 4 is 22.6 Å². The van der Waals surface area contributed by atoms with Crippen LogP contribution in [0, 0.1) is 0 Å². The van der Waals surface area contributed by atoms with Crippen LogP contribution in [-0.4, -0.2) is 9.97 Å². The van der Waals surface area contributed by atoms with Gasteiger partial charge in [0.15, 0.2) is 5.65 Å². The Bertz CT molecular complexity index is 665. The van der Waals surface area contributed by atoms with Gasteiger partial charge in [-0.2, -0.15) is 0 Å². The minimum atomic E-state index is 0.679. The number of aromatic nitrogens is 2. The van der Waals surface area contributed by atoms with Crippen molar-refractivity contribution in [3.63, 3.8) is 0 Å². The molecular formula is C14H9ClN2. The van der Waals surface area contributed by atoms with Crippen LogP contribution in [0.4, 0.5) is 0 Å². The second kappa shape index (κ2) is 4.15.